The second kappa shape index (κ2) is 10.7. The number of rotatable bonds is 8. The molecule has 3 rings (SSSR count). The van der Waals surface area contributed by atoms with Crippen LogP contribution in [0, 0.1) is 11.2 Å². The second-order valence-electron chi connectivity index (χ2n) is 8.28. The van der Waals surface area contributed by atoms with Crippen LogP contribution in [0.25, 0.3) is 11.6 Å². The summed E-state index contributed by atoms with van der Waals surface area (Å²) in [7, 11) is 0. The molecule has 0 aliphatic rings. The number of nitrogens with one attached hydrogen (secondary N) is 1. The van der Waals surface area contributed by atoms with Gasteiger partial charge in [0, 0.05) is 15.2 Å². The smallest absolute Gasteiger partial charge is 0.340 e. The summed E-state index contributed by atoms with van der Waals surface area (Å²) < 4.78 is 18.5. The predicted octanol–water partition coefficient (Wildman–Crippen LogP) is 5.58. The van der Waals surface area contributed by atoms with E-state index >= 15 is 0 Å². The van der Waals surface area contributed by atoms with Gasteiger partial charge in [-0.15, -0.1) is 22.7 Å². The van der Waals surface area contributed by atoms with Crippen molar-refractivity contribution < 1.29 is 23.5 Å². The molecule has 1 amide bonds. The number of benzene rings is 1. The van der Waals surface area contributed by atoms with Crippen LogP contribution in [-0.2, 0) is 20.9 Å². The van der Waals surface area contributed by atoms with Gasteiger partial charge < -0.3 is 10.1 Å². The highest BCUT2D eigenvalue weighted by molar-refractivity contribution is 7.14. The van der Waals surface area contributed by atoms with E-state index < -0.39 is 18.0 Å². The lowest BCUT2D eigenvalue weighted by molar-refractivity contribution is -0.135. The van der Waals surface area contributed by atoms with Crippen molar-refractivity contribution in [2.45, 2.75) is 27.3 Å². The van der Waals surface area contributed by atoms with E-state index in [-0.39, 0.29) is 17.5 Å². The average Bonchev–Trinajstić information content (AvgIpc) is 3.47. The van der Waals surface area contributed by atoms with Crippen LogP contribution in [0.4, 0.5) is 4.39 Å². The third-order valence-corrected chi connectivity index (χ3v) is 6.59. The number of amides is 1. The summed E-state index contributed by atoms with van der Waals surface area (Å²) in [6.07, 6.45) is 1.61. The molecule has 0 aliphatic heterocycles. The number of halogens is 1. The Labute approximate surface area is 199 Å². The number of hydrogen-bond donors (Lipinski definition) is 1. The zero-order chi connectivity index (χ0) is 24.0. The van der Waals surface area contributed by atoms with Gasteiger partial charge in [-0.25, -0.2) is 9.18 Å². The van der Waals surface area contributed by atoms with Crippen molar-refractivity contribution in [1.29, 1.82) is 0 Å². The van der Waals surface area contributed by atoms with Gasteiger partial charge in [-0.3, -0.25) is 9.59 Å². The molecule has 3 aromatic rings. The van der Waals surface area contributed by atoms with E-state index in [1.54, 1.807) is 36.4 Å². The highest BCUT2D eigenvalue weighted by Crippen LogP contribution is 2.25. The van der Waals surface area contributed by atoms with Crippen molar-refractivity contribution in [2.75, 3.05) is 6.61 Å². The third kappa shape index (κ3) is 6.94. The minimum atomic E-state index is -0.635. The summed E-state index contributed by atoms with van der Waals surface area (Å²) in [6.45, 7) is 5.41. The number of hydrogen-bond acceptors (Lipinski definition) is 6. The molecular weight excluding hydrogens is 461 g/mol. The summed E-state index contributed by atoms with van der Waals surface area (Å²) in [5.41, 5.74) is 0.440. The van der Waals surface area contributed by atoms with Gasteiger partial charge >= 0.3 is 5.97 Å². The molecule has 0 aliphatic carbocycles. The molecule has 1 aromatic carbocycles. The van der Waals surface area contributed by atoms with E-state index in [1.165, 1.54) is 34.8 Å². The Bertz CT molecular complexity index is 1160. The molecule has 1 N–H and O–H groups in total. The third-order valence-electron chi connectivity index (χ3n) is 4.56. The van der Waals surface area contributed by atoms with E-state index in [9.17, 15) is 18.8 Å². The molecule has 0 bridgehead atoms. The van der Waals surface area contributed by atoms with Crippen LogP contribution >= 0.6 is 22.7 Å². The molecule has 0 atom stereocenters. The van der Waals surface area contributed by atoms with E-state index in [0.29, 0.717) is 27.4 Å². The fourth-order valence-electron chi connectivity index (χ4n) is 2.72. The van der Waals surface area contributed by atoms with Crippen LogP contribution in [0.2, 0.25) is 0 Å². The predicted molar refractivity (Wildman–Crippen MR) is 130 cm³/mol. The van der Waals surface area contributed by atoms with Crippen molar-refractivity contribution in [3.8, 4) is 0 Å². The van der Waals surface area contributed by atoms with Crippen molar-refractivity contribution in [3.05, 3.63) is 79.9 Å². The van der Waals surface area contributed by atoms with Gasteiger partial charge in [0.1, 0.15) is 5.82 Å². The Morgan fingerprint density at radius 3 is 2.39 bits per heavy atom. The SMILES string of the molecule is CC(C)(C)C(=O)NCc1ccc(C(=O)COC(=O)/C(=C/c2ccc(F)cc2)c2cccs2)s1. The zero-order valence-corrected chi connectivity index (χ0v) is 20.1. The quantitative estimate of drug-likeness (QED) is 0.257. The number of ether oxygens (including phenoxy) is 1. The van der Waals surface area contributed by atoms with Crippen molar-refractivity contribution in [1.82, 2.24) is 5.32 Å². The van der Waals surface area contributed by atoms with Gasteiger partial charge in [-0.1, -0.05) is 39.0 Å². The van der Waals surface area contributed by atoms with Crippen LogP contribution in [0.15, 0.2) is 53.9 Å². The molecule has 2 heterocycles. The van der Waals surface area contributed by atoms with Gasteiger partial charge in [0.25, 0.3) is 0 Å². The number of ketones is 1. The van der Waals surface area contributed by atoms with Crippen LogP contribution in [0.5, 0.6) is 0 Å². The fourth-order valence-corrected chi connectivity index (χ4v) is 4.33. The molecule has 0 fully saturated rings. The Kier molecular flexibility index (Phi) is 7.94. The molecule has 0 saturated carbocycles. The maximum atomic E-state index is 13.2. The first kappa shape index (κ1) is 24.5. The molecule has 2 aromatic heterocycles. The zero-order valence-electron chi connectivity index (χ0n) is 18.5. The van der Waals surface area contributed by atoms with E-state index in [0.717, 1.165) is 4.88 Å². The number of esters is 1. The first-order valence-electron chi connectivity index (χ1n) is 10.2. The summed E-state index contributed by atoms with van der Waals surface area (Å²) in [4.78, 5) is 39.3. The topological polar surface area (TPSA) is 72.5 Å². The second-order valence-corrected chi connectivity index (χ2v) is 10.4. The number of carbonyl (C=O) groups excluding carboxylic acids is 3. The van der Waals surface area contributed by atoms with Crippen LogP contribution < -0.4 is 5.32 Å². The lowest BCUT2D eigenvalue weighted by atomic mass is 9.96. The van der Waals surface area contributed by atoms with Gasteiger partial charge in [-0.05, 0) is 47.4 Å². The monoisotopic (exact) mass is 485 g/mol. The lowest BCUT2D eigenvalue weighted by Gasteiger charge is -2.17. The summed E-state index contributed by atoms with van der Waals surface area (Å²) >= 11 is 2.62. The van der Waals surface area contributed by atoms with E-state index in [2.05, 4.69) is 5.32 Å². The molecule has 0 radical (unpaired) electrons. The van der Waals surface area contributed by atoms with Gasteiger partial charge in [0.15, 0.2) is 6.61 Å². The normalized spacial score (nSPS) is 11.8. The molecule has 0 unspecified atom stereocenters. The Morgan fingerprint density at radius 1 is 1.03 bits per heavy atom. The van der Waals surface area contributed by atoms with E-state index in [4.69, 9.17) is 4.74 Å². The van der Waals surface area contributed by atoms with Crippen molar-refractivity contribution >= 4 is 52.0 Å². The Balaban J connectivity index is 1.64. The minimum Gasteiger partial charge on any atom is -0.454 e. The van der Waals surface area contributed by atoms with Crippen LogP contribution in [0.1, 0.15) is 45.8 Å². The first-order valence-corrected chi connectivity index (χ1v) is 11.9. The number of Topliss-reactive ketones (excluding diaryl/α,β-unsaturated/α-hetero) is 1. The van der Waals surface area contributed by atoms with Crippen LogP contribution in [-0.4, -0.2) is 24.3 Å². The van der Waals surface area contributed by atoms with Crippen molar-refractivity contribution in [2.24, 2.45) is 5.41 Å². The first-order chi connectivity index (χ1) is 15.6. The molecule has 0 saturated heterocycles. The molecule has 172 valence electrons. The Hall–Kier alpha value is -3.10. The minimum absolute atomic E-state index is 0.0771. The lowest BCUT2D eigenvalue weighted by Crippen LogP contribution is -2.34. The van der Waals surface area contributed by atoms with Crippen molar-refractivity contribution in [3.63, 3.8) is 0 Å². The molecule has 8 heteroatoms. The average molecular weight is 486 g/mol. The summed E-state index contributed by atoms with van der Waals surface area (Å²) in [6, 6.07) is 12.8. The molecule has 33 heavy (non-hydrogen) atoms. The van der Waals surface area contributed by atoms with E-state index in [1.807, 2.05) is 32.2 Å². The maximum Gasteiger partial charge on any atom is 0.340 e. The maximum absolute atomic E-state index is 13.2. The number of carbonyl (C=O) groups is 3. The summed E-state index contributed by atoms with van der Waals surface area (Å²) in [5, 5.41) is 4.67. The highest BCUT2D eigenvalue weighted by Gasteiger charge is 2.21. The number of thiophene rings is 2. The fraction of sp³-hybridized carbons (Fsp3) is 0.240. The Morgan fingerprint density at radius 2 is 1.76 bits per heavy atom. The molecule has 5 nitrogen and oxygen atoms in total. The largest absolute Gasteiger partial charge is 0.454 e. The van der Waals surface area contributed by atoms with Gasteiger partial charge in [0.2, 0.25) is 11.7 Å². The summed E-state index contributed by atoms with van der Waals surface area (Å²) in [5.74, 6) is -1.41. The highest BCUT2D eigenvalue weighted by atomic mass is 32.1. The van der Waals surface area contributed by atoms with Gasteiger partial charge in [-0.2, -0.15) is 0 Å². The molecule has 0 spiro atoms. The van der Waals surface area contributed by atoms with Gasteiger partial charge in [0.05, 0.1) is 17.0 Å². The standard InChI is InChI=1S/C25H24FNO4S2/c1-25(2,3)24(30)27-14-18-10-11-22(33-18)20(28)15-31-23(29)19(21-5-4-12-32-21)13-16-6-8-17(26)9-7-16/h4-13H,14-15H2,1-3H3,(H,27,30)/b19-13+. The molecular formula is C25H24FNO4S2. The van der Waals surface area contributed by atoms with Crippen LogP contribution in [0.3, 0.4) is 0 Å².